The Morgan fingerprint density at radius 3 is 2.57 bits per heavy atom. The fraction of sp³-hybridized carbons (Fsp3) is 0.500. The first-order chi connectivity index (χ1) is 6.47. The highest BCUT2D eigenvalue weighted by Crippen LogP contribution is 2.25. The van der Waals surface area contributed by atoms with Crippen molar-refractivity contribution in [1.29, 1.82) is 0 Å². The molecular formula is C12H18FN. The van der Waals surface area contributed by atoms with Crippen molar-refractivity contribution in [2.75, 3.05) is 13.6 Å². The van der Waals surface area contributed by atoms with E-state index in [-0.39, 0.29) is 11.2 Å². The van der Waals surface area contributed by atoms with Crippen LogP contribution >= 0.6 is 0 Å². The summed E-state index contributed by atoms with van der Waals surface area (Å²) in [4.78, 5) is 0. The second kappa shape index (κ2) is 4.09. The summed E-state index contributed by atoms with van der Waals surface area (Å²) in [7, 11) is 1.88. The van der Waals surface area contributed by atoms with Crippen molar-refractivity contribution in [3.63, 3.8) is 0 Å². The van der Waals surface area contributed by atoms with Crippen molar-refractivity contribution in [1.82, 2.24) is 5.32 Å². The molecule has 0 radical (unpaired) electrons. The van der Waals surface area contributed by atoms with Crippen molar-refractivity contribution < 1.29 is 4.39 Å². The molecule has 1 aromatic carbocycles. The topological polar surface area (TPSA) is 12.0 Å². The molecule has 0 atom stereocenters. The molecule has 0 aliphatic rings. The third kappa shape index (κ3) is 2.32. The van der Waals surface area contributed by atoms with Crippen LogP contribution < -0.4 is 5.32 Å². The fourth-order valence-electron chi connectivity index (χ4n) is 1.69. The van der Waals surface area contributed by atoms with Crippen LogP contribution in [0.4, 0.5) is 4.39 Å². The van der Waals surface area contributed by atoms with E-state index in [0.29, 0.717) is 0 Å². The van der Waals surface area contributed by atoms with Gasteiger partial charge in [0, 0.05) is 12.0 Å². The first-order valence-electron chi connectivity index (χ1n) is 4.88. The van der Waals surface area contributed by atoms with Crippen molar-refractivity contribution in [2.45, 2.75) is 26.2 Å². The lowest BCUT2D eigenvalue weighted by Gasteiger charge is -2.25. The van der Waals surface area contributed by atoms with Gasteiger partial charge in [-0.15, -0.1) is 0 Å². The zero-order valence-electron chi connectivity index (χ0n) is 9.32. The third-order valence-electron chi connectivity index (χ3n) is 2.47. The Bertz CT molecular complexity index is 318. The molecule has 0 aliphatic heterocycles. The van der Waals surface area contributed by atoms with Crippen LogP contribution in [-0.2, 0) is 5.41 Å². The Morgan fingerprint density at radius 1 is 1.36 bits per heavy atom. The molecule has 0 amide bonds. The number of rotatable bonds is 3. The van der Waals surface area contributed by atoms with E-state index in [9.17, 15) is 4.39 Å². The molecule has 0 aromatic heterocycles. The fourth-order valence-corrected chi connectivity index (χ4v) is 1.69. The van der Waals surface area contributed by atoms with Gasteiger partial charge >= 0.3 is 0 Å². The molecule has 0 saturated carbocycles. The van der Waals surface area contributed by atoms with E-state index in [2.05, 4.69) is 5.32 Å². The van der Waals surface area contributed by atoms with Gasteiger partial charge in [0.1, 0.15) is 5.82 Å². The van der Waals surface area contributed by atoms with E-state index in [4.69, 9.17) is 0 Å². The minimum Gasteiger partial charge on any atom is -0.319 e. The monoisotopic (exact) mass is 195 g/mol. The summed E-state index contributed by atoms with van der Waals surface area (Å²) in [5.41, 5.74) is 1.72. The van der Waals surface area contributed by atoms with Gasteiger partial charge in [-0.05, 0) is 25.6 Å². The van der Waals surface area contributed by atoms with E-state index in [1.54, 1.807) is 12.1 Å². The predicted octanol–water partition coefficient (Wildman–Crippen LogP) is 2.63. The quantitative estimate of drug-likeness (QED) is 0.781. The van der Waals surface area contributed by atoms with Crippen molar-refractivity contribution in [3.8, 4) is 0 Å². The number of benzene rings is 1. The maximum Gasteiger partial charge on any atom is 0.127 e. The average Bonchev–Trinajstić information content (AvgIpc) is 2.09. The Hall–Kier alpha value is -0.890. The van der Waals surface area contributed by atoms with Gasteiger partial charge in [0.15, 0.2) is 0 Å². The second-order valence-corrected chi connectivity index (χ2v) is 4.40. The second-order valence-electron chi connectivity index (χ2n) is 4.40. The molecule has 1 N–H and O–H groups in total. The largest absolute Gasteiger partial charge is 0.319 e. The molecule has 14 heavy (non-hydrogen) atoms. The van der Waals surface area contributed by atoms with Gasteiger partial charge in [0.05, 0.1) is 0 Å². The molecule has 0 aliphatic carbocycles. The first kappa shape index (κ1) is 11.2. The lowest BCUT2D eigenvalue weighted by Crippen LogP contribution is -2.31. The number of likely N-dealkylation sites (N-methyl/N-ethyl adjacent to an activating group) is 1. The summed E-state index contributed by atoms with van der Waals surface area (Å²) in [5.74, 6) is -0.115. The predicted molar refractivity (Wildman–Crippen MR) is 58.1 cm³/mol. The average molecular weight is 195 g/mol. The molecule has 0 saturated heterocycles. The van der Waals surface area contributed by atoms with Gasteiger partial charge in [0.25, 0.3) is 0 Å². The van der Waals surface area contributed by atoms with Crippen LogP contribution in [0.2, 0.25) is 0 Å². The smallest absolute Gasteiger partial charge is 0.127 e. The van der Waals surface area contributed by atoms with Gasteiger partial charge in [-0.2, -0.15) is 0 Å². The summed E-state index contributed by atoms with van der Waals surface area (Å²) in [6.07, 6.45) is 0. The van der Waals surface area contributed by atoms with Crippen molar-refractivity contribution in [3.05, 3.63) is 35.1 Å². The maximum atomic E-state index is 13.6. The van der Waals surface area contributed by atoms with Crippen LogP contribution in [0.5, 0.6) is 0 Å². The number of hydrogen-bond acceptors (Lipinski definition) is 1. The Labute approximate surface area is 85.3 Å². The SMILES string of the molecule is CNCC(C)(C)c1cc(C)ccc1F. The number of halogens is 1. The summed E-state index contributed by atoms with van der Waals surface area (Å²) >= 11 is 0. The summed E-state index contributed by atoms with van der Waals surface area (Å²) < 4.78 is 13.6. The number of hydrogen-bond donors (Lipinski definition) is 1. The third-order valence-corrected chi connectivity index (χ3v) is 2.47. The Morgan fingerprint density at radius 2 is 2.00 bits per heavy atom. The van der Waals surface area contributed by atoms with Gasteiger partial charge in [-0.3, -0.25) is 0 Å². The molecule has 0 bridgehead atoms. The van der Waals surface area contributed by atoms with Crippen LogP contribution in [0.25, 0.3) is 0 Å². The summed E-state index contributed by atoms with van der Waals surface area (Å²) in [5, 5.41) is 3.09. The van der Waals surface area contributed by atoms with Crippen LogP contribution in [0.15, 0.2) is 18.2 Å². The van der Waals surface area contributed by atoms with Gasteiger partial charge in [-0.25, -0.2) is 4.39 Å². The molecule has 0 fully saturated rings. The van der Waals surface area contributed by atoms with Crippen molar-refractivity contribution in [2.24, 2.45) is 0 Å². The number of nitrogens with one attached hydrogen (secondary N) is 1. The summed E-state index contributed by atoms with van der Waals surface area (Å²) in [6, 6.07) is 5.27. The molecule has 2 heteroatoms. The molecule has 0 spiro atoms. The lowest BCUT2D eigenvalue weighted by molar-refractivity contribution is 0.462. The molecule has 0 unspecified atom stereocenters. The maximum absolute atomic E-state index is 13.6. The highest BCUT2D eigenvalue weighted by atomic mass is 19.1. The Kier molecular flexibility index (Phi) is 3.27. The van der Waals surface area contributed by atoms with Crippen LogP contribution in [0.3, 0.4) is 0 Å². The highest BCUT2D eigenvalue weighted by Gasteiger charge is 2.23. The van der Waals surface area contributed by atoms with Gasteiger partial charge < -0.3 is 5.32 Å². The molecule has 1 nitrogen and oxygen atoms in total. The first-order valence-corrected chi connectivity index (χ1v) is 4.88. The van der Waals surface area contributed by atoms with Gasteiger partial charge in [-0.1, -0.05) is 31.5 Å². The molecule has 1 aromatic rings. The van der Waals surface area contributed by atoms with E-state index in [0.717, 1.165) is 17.7 Å². The summed E-state index contributed by atoms with van der Waals surface area (Å²) in [6.45, 7) is 6.84. The van der Waals surface area contributed by atoms with E-state index < -0.39 is 0 Å². The minimum absolute atomic E-state index is 0.115. The lowest BCUT2D eigenvalue weighted by atomic mass is 9.83. The van der Waals surface area contributed by atoms with E-state index in [1.165, 1.54) is 0 Å². The van der Waals surface area contributed by atoms with Crippen LogP contribution in [-0.4, -0.2) is 13.6 Å². The zero-order chi connectivity index (χ0) is 10.8. The normalized spacial score (nSPS) is 11.8. The Balaban J connectivity index is 3.10. The standard InChI is InChI=1S/C12H18FN/c1-9-5-6-11(13)10(7-9)12(2,3)8-14-4/h5-7,14H,8H2,1-4H3. The molecule has 0 heterocycles. The zero-order valence-corrected chi connectivity index (χ0v) is 9.32. The van der Waals surface area contributed by atoms with Gasteiger partial charge in [0.2, 0.25) is 0 Å². The van der Waals surface area contributed by atoms with E-state index >= 15 is 0 Å². The molecule has 78 valence electrons. The van der Waals surface area contributed by atoms with Crippen LogP contribution in [0, 0.1) is 12.7 Å². The highest BCUT2D eigenvalue weighted by molar-refractivity contribution is 5.30. The van der Waals surface area contributed by atoms with E-state index in [1.807, 2.05) is 33.9 Å². The number of aryl methyl sites for hydroxylation is 1. The molecule has 1 rings (SSSR count). The minimum atomic E-state index is -0.162. The molecular weight excluding hydrogens is 177 g/mol. The van der Waals surface area contributed by atoms with Crippen LogP contribution in [0.1, 0.15) is 25.0 Å². The van der Waals surface area contributed by atoms with Crippen molar-refractivity contribution >= 4 is 0 Å².